The van der Waals surface area contributed by atoms with E-state index in [-0.39, 0.29) is 18.4 Å². The van der Waals surface area contributed by atoms with Gasteiger partial charge >= 0.3 is 0 Å². The van der Waals surface area contributed by atoms with Gasteiger partial charge in [0, 0.05) is 32.3 Å². The molecule has 0 aliphatic rings. The second kappa shape index (κ2) is 10.9. The van der Waals surface area contributed by atoms with Gasteiger partial charge in [0.05, 0.1) is 11.0 Å². The second-order valence-corrected chi connectivity index (χ2v) is 7.05. The van der Waals surface area contributed by atoms with E-state index in [0.29, 0.717) is 38.2 Å². The van der Waals surface area contributed by atoms with Crippen molar-refractivity contribution in [3.8, 4) is 0 Å². The molecule has 0 fully saturated rings. The Labute approximate surface area is 182 Å². The fraction of sp³-hybridized carbons (Fsp3) is 0.250. The summed E-state index contributed by atoms with van der Waals surface area (Å²) in [6.45, 7) is 9.07. The van der Waals surface area contributed by atoms with Gasteiger partial charge in [-0.25, -0.2) is 4.98 Å². The summed E-state index contributed by atoms with van der Waals surface area (Å²) in [7, 11) is 0. The van der Waals surface area contributed by atoms with E-state index in [9.17, 15) is 9.59 Å². The Balaban J connectivity index is 1.68. The number of para-hydroxylation sites is 2. The molecule has 0 atom stereocenters. The van der Waals surface area contributed by atoms with Crippen LogP contribution in [0.1, 0.15) is 22.7 Å². The first-order valence-corrected chi connectivity index (χ1v) is 10.3. The number of rotatable bonds is 11. The lowest BCUT2D eigenvalue weighted by Crippen LogP contribution is -2.34. The minimum atomic E-state index is -0.200. The number of aromatic nitrogens is 3. The molecule has 0 saturated heterocycles. The normalized spacial score (nSPS) is 10.6. The summed E-state index contributed by atoms with van der Waals surface area (Å²) in [4.78, 5) is 35.5. The van der Waals surface area contributed by atoms with E-state index in [4.69, 9.17) is 4.98 Å². The molecule has 1 N–H and O–H groups in total. The Morgan fingerprint density at radius 3 is 2.52 bits per heavy atom. The third kappa shape index (κ3) is 5.66. The van der Waals surface area contributed by atoms with Crippen LogP contribution < -0.4 is 5.32 Å². The third-order valence-corrected chi connectivity index (χ3v) is 4.84. The SMILES string of the molecule is C=CCN(CC=C)C(=O)Cn1c(CCCNC(=O)c2ccccn2)nc2ccccc21. The van der Waals surface area contributed by atoms with Crippen molar-refractivity contribution in [2.24, 2.45) is 0 Å². The molecule has 7 nitrogen and oxygen atoms in total. The molecule has 7 heteroatoms. The number of imidazole rings is 1. The fourth-order valence-corrected chi connectivity index (χ4v) is 3.35. The Morgan fingerprint density at radius 1 is 1.06 bits per heavy atom. The van der Waals surface area contributed by atoms with E-state index in [1.807, 2.05) is 28.8 Å². The number of nitrogens with one attached hydrogen (secondary N) is 1. The van der Waals surface area contributed by atoms with Gasteiger partial charge in [-0.1, -0.05) is 30.4 Å². The van der Waals surface area contributed by atoms with Crippen LogP contribution in [0.15, 0.2) is 74.0 Å². The molecule has 0 unspecified atom stereocenters. The van der Waals surface area contributed by atoms with Crippen LogP contribution in [0.4, 0.5) is 0 Å². The van der Waals surface area contributed by atoms with Crippen molar-refractivity contribution >= 4 is 22.8 Å². The molecule has 0 bridgehead atoms. The average molecular weight is 418 g/mol. The van der Waals surface area contributed by atoms with Crippen LogP contribution in [0.5, 0.6) is 0 Å². The molecule has 2 aromatic heterocycles. The van der Waals surface area contributed by atoms with Crippen LogP contribution in [0.3, 0.4) is 0 Å². The van der Waals surface area contributed by atoms with Gasteiger partial charge in [0.15, 0.2) is 0 Å². The lowest BCUT2D eigenvalue weighted by Gasteiger charge is -2.20. The van der Waals surface area contributed by atoms with E-state index in [1.165, 1.54) is 0 Å². The van der Waals surface area contributed by atoms with Crippen molar-refractivity contribution in [2.75, 3.05) is 19.6 Å². The summed E-state index contributed by atoms with van der Waals surface area (Å²) in [5.41, 5.74) is 2.16. The lowest BCUT2D eigenvalue weighted by atomic mass is 10.2. The van der Waals surface area contributed by atoms with Crippen LogP contribution >= 0.6 is 0 Å². The van der Waals surface area contributed by atoms with Crippen LogP contribution in [-0.2, 0) is 17.8 Å². The highest BCUT2D eigenvalue weighted by molar-refractivity contribution is 5.92. The zero-order valence-electron chi connectivity index (χ0n) is 17.5. The van der Waals surface area contributed by atoms with Gasteiger partial charge in [-0.15, -0.1) is 13.2 Å². The third-order valence-electron chi connectivity index (χ3n) is 4.84. The van der Waals surface area contributed by atoms with Gasteiger partial charge in [-0.2, -0.15) is 0 Å². The molecule has 0 radical (unpaired) electrons. The molecule has 1 aromatic carbocycles. The Bertz CT molecular complexity index is 1050. The van der Waals surface area contributed by atoms with Crippen molar-refractivity contribution in [1.82, 2.24) is 24.8 Å². The van der Waals surface area contributed by atoms with E-state index in [0.717, 1.165) is 16.9 Å². The van der Waals surface area contributed by atoms with Crippen molar-refractivity contribution in [3.05, 3.63) is 85.5 Å². The number of carbonyl (C=O) groups excluding carboxylic acids is 2. The molecule has 0 aliphatic heterocycles. The van der Waals surface area contributed by atoms with Gasteiger partial charge in [-0.3, -0.25) is 14.6 Å². The monoisotopic (exact) mass is 417 g/mol. The molecule has 3 aromatic rings. The first-order valence-electron chi connectivity index (χ1n) is 10.3. The van der Waals surface area contributed by atoms with Crippen LogP contribution in [-0.4, -0.2) is 50.9 Å². The maximum atomic E-state index is 12.9. The highest BCUT2D eigenvalue weighted by Crippen LogP contribution is 2.17. The number of benzene rings is 1. The summed E-state index contributed by atoms with van der Waals surface area (Å²) in [6.07, 6.45) is 6.33. The van der Waals surface area contributed by atoms with Gasteiger partial charge in [0.2, 0.25) is 5.91 Å². The van der Waals surface area contributed by atoms with E-state index in [1.54, 1.807) is 41.4 Å². The van der Waals surface area contributed by atoms with Crippen molar-refractivity contribution < 1.29 is 9.59 Å². The first-order chi connectivity index (χ1) is 15.1. The predicted molar refractivity (Wildman–Crippen MR) is 122 cm³/mol. The average Bonchev–Trinajstić information content (AvgIpc) is 3.14. The molecule has 0 spiro atoms. The molecule has 2 amide bonds. The van der Waals surface area contributed by atoms with Gasteiger partial charge in [-0.05, 0) is 30.7 Å². The Kier molecular flexibility index (Phi) is 7.70. The predicted octanol–water partition coefficient (Wildman–Crippen LogP) is 2.99. The number of carbonyl (C=O) groups is 2. The van der Waals surface area contributed by atoms with Crippen LogP contribution in [0.2, 0.25) is 0 Å². The van der Waals surface area contributed by atoms with Crippen LogP contribution in [0, 0.1) is 0 Å². The number of aryl methyl sites for hydroxylation is 1. The number of nitrogens with zero attached hydrogens (tertiary/aromatic N) is 4. The van der Waals surface area contributed by atoms with Crippen molar-refractivity contribution in [3.63, 3.8) is 0 Å². The topological polar surface area (TPSA) is 80.1 Å². The molecule has 3 rings (SSSR count). The number of fused-ring (bicyclic) bond motifs is 1. The lowest BCUT2D eigenvalue weighted by molar-refractivity contribution is -0.130. The molecule has 2 heterocycles. The number of pyridine rings is 1. The summed E-state index contributed by atoms with van der Waals surface area (Å²) >= 11 is 0. The number of hydrogen-bond acceptors (Lipinski definition) is 4. The quantitative estimate of drug-likeness (QED) is 0.384. The number of hydrogen-bond donors (Lipinski definition) is 1. The largest absolute Gasteiger partial charge is 0.351 e. The summed E-state index contributed by atoms with van der Waals surface area (Å²) in [6, 6.07) is 13.0. The standard InChI is InChI=1S/C24H27N5O2/c1-3-16-28(17-4-2)23(30)18-29-21-12-6-5-10-19(21)27-22(29)13-9-15-26-24(31)20-11-7-8-14-25-20/h3-8,10-12,14H,1-2,9,13,15-18H2,(H,26,31). The van der Waals surface area contributed by atoms with E-state index >= 15 is 0 Å². The molecule has 31 heavy (non-hydrogen) atoms. The Morgan fingerprint density at radius 2 is 1.81 bits per heavy atom. The fourth-order valence-electron chi connectivity index (χ4n) is 3.35. The molecular weight excluding hydrogens is 390 g/mol. The zero-order chi connectivity index (χ0) is 22.1. The van der Waals surface area contributed by atoms with Gasteiger partial charge < -0.3 is 14.8 Å². The molecular formula is C24H27N5O2. The second-order valence-electron chi connectivity index (χ2n) is 7.05. The highest BCUT2D eigenvalue weighted by Gasteiger charge is 2.17. The highest BCUT2D eigenvalue weighted by atomic mass is 16.2. The molecule has 0 aliphatic carbocycles. The van der Waals surface area contributed by atoms with Crippen molar-refractivity contribution in [1.29, 1.82) is 0 Å². The minimum absolute atomic E-state index is 0.0207. The first kappa shape index (κ1) is 22.0. The smallest absolute Gasteiger partial charge is 0.269 e. The summed E-state index contributed by atoms with van der Waals surface area (Å²) in [5.74, 6) is 0.597. The molecule has 160 valence electrons. The Hall–Kier alpha value is -3.74. The van der Waals surface area contributed by atoms with E-state index < -0.39 is 0 Å². The zero-order valence-corrected chi connectivity index (χ0v) is 17.5. The maximum Gasteiger partial charge on any atom is 0.269 e. The van der Waals surface area contributed by atoms with Gasteiger partial charge in [0.25, 0.3) is 5.91 Å². The maximum absolute atomic E-state index is 12.9. The number of amides is 2. The van der Waals surface area contributed by atoms with Crippen LogP contribution in [0.25, 0.3) is 11.0 Å². The summed E-state index contributed by atoms with van der Waals surface area (Å²) < 4.78 is 1.96. The van der Waals surface area contributed by atoms with Gasteiger partial charge in [0.1, 0.15) is 18.1 Å². The molecule has 0 saturated carbocycles. The van der Waals surface area contributed by atoms with E-state index in [2.05, 4.69) is 23.5 Å². The minimum Gasteiger partial charge on any atom is -0.351 e. The van der Waals surface area contributed by atoms with Crippen molar-refractivity contribution in [2.45, 2.75) is 19.4 Å². The summed E-state index contributed by atoms with van der Waals surface area (Å²) in [5, 5.41) is 2.88.